The number of aryl methyl sites for hydroxylation is 1. The molecular formula is C32H34N6S. The van der Waals surface area contributed by atoms with Crippen LogP contribution in [0.4, 0.5) is 0 Å². The van der Waals surface area contributed by atoms with E-state index in [1.54, 1.807) is 11.8 Å². The van der Waals surface area contributed by atoms with Gasteiger partial charge in [0, 0.05) is 36.9 Å². The van der Waals surface area contributed by atoms with Gasteiger partial charge in [-0.15, -0.1) is 11.8 Å². The number of fused-ring (bicyclic) bond motifs is 2. The molecule has 6 nitrogen and oxygen atoms in total. The number of hydrogen-bond donors (Lipinski definition) is 2. The second-order valence-electron chi connectivity index (χ2n) is 10.1. The van der Waals surface area contributed by atoms with E-state index >= 15 is 0 Å². The van der Waals surface area contributed by atoms with E-state index in [-0.39, 0.29) is 6.04 Å². The minimum Gasteiger partial charge on any atom is -0.341 e. The van der Waals surface area contributed by atoms with Crippen molar-refractivity contribution in [3.8, 4) is 0 Å². The Balaban J connectivity index is 1.18. The van der Waals surface area contributed by atoms with Crippen molar-refractivity contribution in [3.05, 3.63) is 119 Å². The number of imidazole rings is 1. The van der Waals surface area contributed by atoms with Crippen LogP contribution in [-0.2, 0) is 32.6 Å². The van der Waals surface area contributed by atoms with Gasteiger partial charge in [0.05, 0.1) is 35.0 Å². The number of hydrogen-bond acceptors (Lipinski definition) is 6. The summed E-state index contributed by atoms with van der Waals surface area (Å²) in [4.78, 5) is 21.6. The summed E-state index contributed by atoms with van der Waals surface area (Å²) in [6.07, 6.45) is 9.29. The molecule has 39 heavy (non-hydrogen) atoms. The number of rotatable bonds is 10. The molecule has 6 rings (SSSR count). The van der Waals surface area contributed by atoms with Crippen molar-refractivity contribution < 1.29 is 0 Å². The van der Waals surface area contributed by atoms with Gasteiger partial charge in [-0.05, 0) is 72.5 Å². The lowest BCUT2D eigenvalue weighted by Gasteiger charge is -2.34. The van der Waals surface area contributed by atoms with E-state index in [9.17, 15) is 0 Å². The Bertz CT molecular complexity index is 1500. The second-order valence-corrected chi connectivity index (χ2v) is 11.0. The molecule has 0 saturated carbocycles. The van der Waals surface area contributed by atoms with Gasteiger partial charge in [-0.25, -0.2) is 4.98 Å². The Kier molecular flexibility index (Phi) is 8.00. The number of para-hydroxylation sites is 2. The van der Waals surface area contributed by atoms with E-state index in [1.165, 1.54) is 33.7 Å². The highest BCUT2D eigenvalue weighted by Crippen LogP contribution is 2.34. The molecule has 0 radical (unpaired) electrons. The highest BCUT2D eigenvalue weighted by atomic mass is 32.2. The third-order valence-corrected chi connectivity index (χ3v) is 8.31. The SMILES string of the molecule is CSc1cccnc1CNCc1ccc(CN(Cc2nc3ccccc3[nH]2)C2CCCc3cccnc32)cc1. The van der Waals surface area contributed by atoms with Crippen molar-refractivity contribution in [2.45, 2.75) is 56.4 Å². The molecule has 2 N–H and O–H groups in total. The number of thioether (sulfide) groups is 1. The normalized spacial score (nSPS) is 15.1. The third kappa shape index (κ3) is 6.06. The average Bonchev–Trinajstić information content (AvgIpc) is 3.40. The average molecular weight is 535 g/mol. The lowest BCUT2D eigenvalue weighted by Crippen LogP contribution is -2.31. The molecule has 0 amide bonds. The van der Waals surface area contributed by atoms with Gasteiger partial charge < -0.3 is 10.3 Å². The van der Waals surface area contributed by atoms with Gasteiger partial charge in [-0.2, -0.15) is 0 Å². The summed E-state index contributed by atoms with van der Waals surface area (Å²) in [5, 5.41) is 3.55. The molecule has 3 aromatic heterocycles. The Labute approximate surface area is 234 Å². The minimum absolute atomic E-state index is 0.272. The van der Waals surface area contributed by atoms with Gasteiger partial charge in [0.25, 0.3) is 0 Å². The molecule has 0 fully saturated rings. The van der Waals surface area contributed by atoms with E-state index in [4.69, 9.17) is 9.97 Å². The fourth-order valence-electron chi connectivity index (χ4n) is 5.55. The van der Waals surface area contributed by atoms with Gasteiger partial charge in [-0.1, -0.05) is 42.5 Å². The maximum atomic E-state index is 4.90. The summed E-state index contributed by atoms with van der Waals surface area (Å²) in [5.41, 5.74) is 8.37. The van der Waals surface area contributed by atoms with Crippen LogP contribution in [0.5, 0.6) is 0 Å². The number of benzene rings is 2. The third-order valence-electron chi connectivity index (χ3n) is 7.50. The zero-order valence-corrected chi connectivity index (χ0v) is 23.1. The molecule has 0 spiro atoms. The summed E-state index contributed by atoms with van der Waals surface area (Å²) in [6, 6.07) is 26.0. The van der Waals surface area contributed by atoms with Gasteiger partial charge in [0.15, 0.2) is 0 Å². The fraction of sp³-hybridized carbons (Fsp3) is 0.281. The Morgan fingerprint density at radius 2 is 1.72 bits per heavy atom. The Morgan fingerprint density at radius 3 is 2.59 bits per heavy atom. The molecule has 7 heteroatoms. The van der Waals surface area contributed by atoms with Crippen molar-refractivity contribution in [2.75, 3.05) is 6.26 Å². The first-order valence-electron chi connectivity index (χ1n) is 13.6. The zero-order chi connectivity index (χ0) is 26.4. The molecule has 1 unspecified atom stereocenters. The second kappa shape index (κ2) is 12.1. The van der Waals surface area contributed by atoms with Crippen LogP contribution in [0.2, 0.25) is 0 Å². The van der Waals surface area contributed by atoms with E-state index < -0.39 is 0 Å². The molecule has 5 aromatic rings. The molecule has 2 aromatic carbocycles. The van der Waals surface area contributed by atoms with Gasteiger partial charge in [-0.3, -0.25) is 14.9 Å². The number of aromatic amines is 1. The van der Waals surface area contributed by atoms with Crippen LogP contribution in [0, 0.1) is 0 Å². The van der Waals surface area contributed by atoms with E-state index in [0.717, 1.165) is 61.6 Å². The number of nitrogens with zero attached hydrogens (tertiary/aromatic N) is 4. The summed E-state index contributed by atoms with van der Waals surface area (Å²) in [7, 11) is 0. The molecule has 1 atom stereocenters. The largest absolute Gasteiger partial charge is 0.341 e. The molecule has 0 bridgehead atoms. The first kappa shape index (κ1) is 25.7. The lowest BCUT2D eigenvalue weighted by molar-refractivity contribution is 0.153. The summed E-state index contributed by atoms with van der Waals surface area (Å²) in [5.74, 6) is 0.999. The zero-order valence-electron chi connectivity index (χ0n) is 22.3. The van der Waals surface area contributed by atoms with Crippen LogP contribution in [-0.4, -0.2) is 31.1 Å². The number of H-pyrrole nitrogens is 1. The highest BCUT2D eigenvalue weighted by molar-refractivity contribution is 7.98. The molecule has 3 heterocycles. The maximum absolute atomic E-state index is 4.90. The topological polar surface area (TPSA) is 69.7 Å². The highest BCUT2D eigenvalue weighted by Gasteiger charge is 2.28. The van der Waals surface area contributed by atoms with E-state index in [2.05, 4.69) is 87.1 Å². The predicted molar refractivity (Wildman–Crippen MR) is 158 cm³/mol. The fourth-order valence-corrected chi connectivity index (χ4v) is 6.13. The van der Waals surface area contributed by atoms with Gasteiger partial charge in [0.2, 0.25) is 0 Å². The predicted octanol–water partition coefficient (Wildman–Crippen LogP) is 6.44. The molecule has 0 saturated heterocycles. The number of aromatic nitrogens is 4. The van der Waals surface area contributed by atoms with Crippen molar-refractivity contribution in [1.82, 2.24) is 30.2 Å². The Hall–Kier alpha value is -3.52. The molecule has 1 aliphatic rings. The first-order chi connectivity index (χ1) is 19.3. The van der Waals surface area contributed by atoms with Crippen molar-refractivity contribution in [2.24, 2.45) is 0 Å². The summed E-state index contributed by atoms with van der Waals surface area (Å²) < 4.78 is 0. The quantitative estimate of drug-likeness (QED) is 0.201. The number of pyridine rings is 2. The van der Waals surface area contributed by atoms with Crippen molar-refractivity contribution in [3.63, 3.8) is 0 Å². The number of nitrogens with one attached hydrogen (secondary N) is 2. The summed E-state index contributed by atoms with van der Waals surface area (Å²) >= 11 is 1.74. The van der Waals surface area contributed by atoms with Crippen LogP contribution in [0.25, 0.3) is 11.0 Å². The maximum Gasteiger partial charge on any atom is 0.121 e. The lowest BCUT2D eigenvalue weighted by atomic mass is 9.90. The van der Waals surface area contributed by atoms with Crippen LogP contribution in [0.15, 0.2) is 90.1 Å². The van der Waals surface area contributed by atoms with Gasteiger partial charge in [0.1, 0.15) is 5.82 Å². The van der Waals surface area contributed by atoms with E-state index in [0.29, 0.717) is 0 Å². The van der Waals surface area contributed by atoms with Crippen LogP contribution in [0.1, 0.15) is 52.8 Å². The molecule has 0 aliphatic heterocycles. The van der Waals surface area contributed by atoms with Crippen molar-refractivity contribution >= 4 is 22.8 Å². The molecule has 198 valence electrons. The molecular weight excluding hydrogens is 500 g/mol. The summed E-state index contributed by atoms with van der Waals surface area (Å²) in [6.45, 7) is 3.17. The van der Waals surface area contributed by atoms with Crippen LogP contribution >= 0.6 is 11.8 Å². The minimum atomic E-state index is 0.272. The van der Waals surface area contributed by atoms with Crippen LogP contribution < -0.4 is 5.32 Å². The molecule has 1 aliphatic carbocycles. The van der Waals surface area contributed by atoms with Gasteiger partial charge >= 0.3 is 0 Å². The Morgan fingerprint density at radius 1 is 0.897 bits per heavy atom. The van der Waals surface area contributed by atoms with E-state index in [1.807, 2.05) is 24.5 Å². The first-order valence-corrected chi connectivity index (χ1v) is 14.9. The van der Waals surface area contributed by atoms with Crippen LogP contribution in [0.3, 0.4) is 0 Å². The monoisotopic (exact) mass is 534 g/mol. The van der Waals surface area contributed by atoms with Crippen molar-refractivity contribution in [1.29, 1.82) is 0 Å². The standard InChI is InChI=1S/C32H34N6S/c1-39-30-12-6-17-34-28(30)20-33-19-23-13-15-24(16-14-23)21-38(22-31-36-26-9-2-3-10-27(26)37-31)29-11-4-7-25-8-5-18-35-32(25)29/h2-3,5-6,8-10,12-18,29,33H,4,7,11,19-22H2,1H3,(H,36,37). The smallest absolute Gasteiger partial charge is 0.121 e.